The van der Waals surface area contributed by atoms with E-state index < -0.39 is 23.2 Å². The van der Waals surface area contributed by atoms with Crippen LogP contribution in [-0.4, -0.2) is 62.8 Å². The first-order chi connectivity index (χ1) is 20.6. The van der Waals surface area contributed by atoms with Gasteiger partial charge in [0.05, 0.1) is 16.9 Å². The Morgan fingerprint density at radius 2 is 1.41 bits per heavy atom. The summed E-state index contributed by atoms with van der Waals surface area (Å²) in [5.74, 6) is -0.0565. The summed E-state index contributed by atoms with van der Waals surface area (Å²) < 4.78 is 10.9. The lowest BCUT2D eigenvalue weighted by molar-refractivity contribution is 0.0183. The van der Waals surface area contributed by atoms with E-state index >= 15 is 0 Å². The van der Waals surface area contributed by atoms with Crippen LogP contribution in [0.2, 0.25) is 0 Å². The Bertz CT molecular complexity index is 1470. The second-order valence-electron chi connectivity index (χ2n) is 13.2. The number of likely N-dealkylation sites (tertiary alicyclic amines) is 1. The van der Waals surface area contributed by atoms with Gasteiger partial charge in [0.25, 0.3) is 5.91 Å². The molecule has 0 saturated carbocycles. The van der Waals surface area contributed by atoms with E-state index in [1.165, 1.54) is 12.4 Å². The highest BCUT2D eigenvalue weighted by atomic mass is 16.6. The summed E-state index contributed by atoms with van der Waals surface area (Å²) in [6.07, 6.45) is 3.32. The predicted molar refractivity (Wildman–Crippen MR) is 171 cm³/mol. The summed E-state index contributed by atoms with van der Waals surface area (Å²) in [5.41, 5.74) is 1.28. The van der Waals surface area contributed by atoms with E-state index in [0.29, 0.717) is 43.3 Å². The fourth-order valence-electron chi connectivity index (χ4n) is 4.59. The number of piperidine rings is 1. The number of carbonyl (C=O) groups excluding carboxylic acids is 3. The van der Waals surface area contributed by atoms with Gasteiger partial charge in [-0.25, -0.2) is 19.6 Å². The number of anilines is 3. The van der Waals surface area contributed by atoms with Crippen LogP contribution in [0.4, 0.5) is 26.9 Å². The fraction of sp³-hybridized carbons (Fsp3) is 0.424. The van der Waals surface area contributed by atoms with Gasteiger partial charge in [0.15, 0.2) is 0 Å². The molecule has 0 aliphatic carbocycles. The van der Waals surface area contributed by atoms with Crippen molar-refractivity contribution in [2.75, 3.05) is 29.0 Å². The van der Waals surface area contributed by atoms with Gasteiger partial charge >= 0.3 is 12.2 Å². The van der Waals surface area contributed by atoms with E-state index in [2.05, 4.69) is 32.8 Å². The molecule has 3 N–H and O–H groups in total. The van der Waals surface area contributed by atoms with E-state index in [4.69, 9.17) is 9.47 Å². The molecule has 1 saturated heterocycles. The number of benzene rings is 2. The maximum atomic E-state index is 13.3. The summed E-state index contributed by atoms with van der Waals surface area (Å²) in [6, 6.07) is 15.1. The molecule has 234 valence electrons. The minimum absolute atomic E-state index is 0.244. The monoisotopic (exact) mass is 602 g/mol. The summed E-state index contributed by atoms with van der Waals surface area (Å²) in [6.45, 7) is 14.0. The SMILES string of the molecule is CC1(Nc2ncc(C(=O)Nc3cc(-c4ccccc4)ccc3NC(=O)OC(C)(C)C)cn2)CCN(C(=O)OC(C)(C)C)CC1. The molecule has 44 heavy (non-hydrogen) atoms. The third kappa shape index (κ3) is 9.16. The number of nitrogens with zero attached hydrogens (tertiary/aromatic N) is 3. The molecule has 4 rings (SSSR count). The highest BCUT2D eigenvalue weighted by Gasteiger charge is 2.34. The Hall–Kier alpha value is -4.67. The second-order valence-corrected chi connectivity index (χ2v) is 13.2. The predicted octanol–water partition coefficient (Wildman–Crippen LogP) is 6.94. The first kappa shape index (κ1) is 32.2. The first-order valence-corrected chi connectivity index (χ1v) is 14.7. The molecule has 1 aliphatic heterocycles. The van der Waals surface area contributed by atoms with Crippen LogP contribution in [0, 0.1) is 0 Å². The van der Waals surface area contributed by atoms with Crippen LogP contribution in [0.1, 0.15) is 71.7 Å². The first-order valence-electron chi connectivity index (χ1n) is 14.7. The van der Waals surface area contributed by atoms with Gasteiger partial charge in [0.2, 0.25) is 5.95 Å². The quantitative estimate of drug-likeness (QED) is 0.276. The molecule has 1 aromatic heterocycles. The maximum Gasteiger partial charge on any atom is 0.412 e. The molecular formula is C33H42N6O5. The molecule has 0 atom stereocenters. The molecular weight excluding hydrogens is 560 g/mol. The number of hydrogen-bond acceptors (Lipinski definition) is 8. The van der Waals surface area contributed by atoms with Gasteiger partial charge in [-0.2, -0.15) is 0 Å². The number of hydrogen-bond donors (Lipinski definition) is 3. The third-order valence-electron chi connectivity index (χ3n) is 6.86. The van der Waals surface area contributed by atoms with E-state index in [0.717, 1.165) is 11.1 Å². The van der Waals surface area contributed by atoms with Gasteiger partial charge < -0.3 is 25.0 Å². The van der Waals surface area contributed by atoms with Crippen molar-refractivity contribution in [2.45, 2.75) is 78.0 Å². The molecule has 11 nitrogen and oxygen atoms in total. The maximum absolute atomic E-state index is 13.3. The molecule has 0 spiro atoms. The smallest absolute Gasteiger partial charge is 0.412 e. The zero-order valence-electron chi connectivity index (χ0n) is 26.5. The standard InChI is InChI=1S/C33H42N6O5/c1-31(2,3)43-29(41)37-25-14-13-23(22-11-9-8-10-12-22)19-26(25)36-27(40)24-20-34-28(35-21-24)38-33(7)15-17-39(18-16-33)30(42)44-32(4,5)6/h8-14,19-21H,15-18H2,1-7H3,(H,36,40)(H,37,41)(H,34,35,38). The highest BCUT2D eigenvalue weighted by Crippen LogP contribution is 2.30. The van der Waals surface area contributed by atoms with Crippen LogP contribution in [0.5, 0.6) is 0 Å². The largest absolute Gasteiger partial charge is 0.444 e. The molecule has 0 bridgehead atoms. The summed E-state index contributed by atoms with van der Waals surface area (Å²) in [4.78, 5) is 48.7. The second kappa shape index (κ2) is 12.9. The van der Waals surface area contributed by atoms with Gasteiger partial charge in [0, 0.05) is 31.0 Å². The number of amides is 3. The van der Waals surface area contributed by atoms with Crippen LogP contribution >= 0.6 is 0 Å². The fourth-order valence-corrected chi connectivity index (χ4v) is 4.59. The zero-order valence-corrected chi connectivity index (χ0v) is 26.5. The van der Waals surface area contributed by atoms with Crippen molar-refractivity contribution in [1.82, 2.24) is 14.9 Å². The third-order valence-corrected chi connectivity index (χ3v) is 6.86. The van der Waals surface area contributed by atoms with Crippen LogP contribution in [0.15, 0.2) is 60.9 Å². The van der Waals surface area contributed by atoms with Crippen LogP contribution in [-0.2, 0) is 9.47 Å². The van der Waals surface area contributed by atoms with Gasteiger partial charge in [0.1, 0.15) is 11.2 Å². The highest BCUT2D eigenvalue weighted by molar-refractivity contribution is 6.07. The van der Waals surface area contributed by atoms with E-state index in [9.17, 15) is 14.4 Å². The van der Waals surface area contributed by atoms with Gasteiger partial charge in [-0.1, -0.05) is 36.4 Å². The van der Waals surface area contributed by atoms with Gasteiger partial charge in [-0.05, 0) is 84.6 Å². The molecule has 2 aromatic carbocycles. The average molecular weight is 603 g/mol. The number of ether oxygens (including phenoxy) is 2. The zero-order chi connectivity index (χ0) is 32.1. The molecule has 3 amide bonds. The minimum Gasteiger partial charge on any atom is -0.444 e. The summed E-state index contributed by atoms with van der Waals surface area (Å²) in [5, 5.41) is 8.98. The Morgan fingerprint density at radius 1 is 0.795 bits per heavy atom. The van der Waals surface area contributed by atoms with E-state index in [-0.39, 0.29) is 17.2 Å². The number of rotatable bonds is 6. The lowest BCUT2D eigenvalue weighted by atomic mass is 9.90. The van der Waals surface area contributed by atoms with Crippen molar-refractivity contribution < 1.29 is 23.9 Å². The topological polar surface area (TPSA) is 135 Å². The Morgan fingerprint density at radius 3 is 2.00 bits per heavy atom. The molecule has 1 aliphatic rings. The molecule has 11 heteroatoms. The van der Waals surface area contributed by atoms with Crippen molar-refractivity contribution in [3.8, 4) is 11.1 Å². The van der Waals surface area contributed by atoms with Crippen LogP contribution in [0.3, 0.4) is 0 Å². The normalized spacial score (nSPS) is 14.8. The van der Waals surface area contributed by atoms with Crippen molar-refractivity contribution in [3.63, 3.8) is 0 Å². The lowest BCUT2D eigenvalue weighted by Crippen LogP contribution is -2.50. The van der Waals surface area contributed by atoms with Crippen LogP contribution in [0.25, 0.3) is 11.1 Å². The summed E-state index contributed by atoms with van der Waals surface area (Å²) >= 11 is 0. The van der Waals surface area contributed by atoms with Crippen LogP contribution < -0.4 is 16.0 Å². The Labute approximate surface area is 258 Å². The average Bonchev–Trinajstić information content (AvgIpc) is 2.93. The Kier molecular flexibility index (Phi) is 9.46. The van der Waals surface area contributed by atoms with Crippen molar-refractivity contribution in [1.29, 1.82) is 0 Å². The summed E-state index contributed by atoms with van der Waals surface area (Å²) in [7, 11) is 0. The molecule has 0 unspecified atom stereocenters. The molecule has 3 aromatic rings. The van der Waals surface area contributed by atoms with E-state index in [1.54, 1.807) is 37.8 Å². The molecule has 0 radical (unpaired) electrons. The lowest BCUT2D eigenvalue weighted by Gasteiger charge is -2.40. The minimum atomic E-state index is -0.684. The van der Waals surface area contributed by atoms with Crippen molar-refractivity contribution in [2.24, 2.45) is 0 Å². The van der Waals surface area contributed by atoms with Gasteiger partial charge in [-0.3, -0.25) is 10.1 Å². The Balaban J connectivity index is 1.44. The van der Waals surface area contributed by atoms with Crippen molar-refractivity contribution in [3.05, 3.63) is 66.5 Å². The number of nitrogens with one attached hydrogen (secondary N) is 3. The van der Waals surface area contributed by atoms with Crippen molar-refractivity contribution >= 4 is 35.4 Å². The number of carbonyl (C=O) groups is 3. The molecule has 2 heterocycles. The van der Waals surface area contributed by atoms with Gasteiger partial charge in [-0.15, -0.1) is 0 Å². The van der Waals surface area contributed by atoms with E-state index in [1.807, 2.05) is 57.2 Å². The number of aromatic nitrogens is 2. The molecule has 1 fully saturated rings.